The average molecular weight is 287 g/mol. The zero-order valence-electron chi connectivity index (χ0n) is 11.6. The van der Waals surface area contributed by atoms with E-state index >= 15 is 0 Å². The van der Waals surface area contributed by atoms with Crippen LogP contribution in [-0.4, -0.2) is 5.11 Å². The minimum absolute atomic E-state index is 0.592. The molecule has 1 saturated carbocycles. The van der Waals surface area contributed by atoms with E-state index in [0.29, 0.717) is 10.9 Å². The zero-order chi connectivity index (χ0) is 14.1. The number of benzene rings is 2. The van der Waals surface area contributed by atoms with Gasteiger partial charge in [-0.3, -0.25) is 0 Å². The van der Waals surface area contributed by atoms with Crippen molar-refractivity contribution in [3.8, 4) is 0 Å². The Morgan fingerprint density at radius 2 is 1.75 bits per heavy atom. The van der Waals surface area contributed by atoms with Gasteiger partial charge in [-0.1, -0.05) is 54.4 Å². The summed E-state index contributed by atoms with van der Waals surface area (Å²) in [7, 11) is 0. The number of aliphatic hydroxyl groups excluding tert-OH is 1. The number of halogens is 1. The molecule has 1 unspecified atom stereocenters. The molecule has 1 aliphatic rings. The van der Waals surface area contributed by atoms with Crippen LogP contribution in [0.4, 0.5) is 0 Å². The standard InChI is InChI=1S/C18H19ClO/c1-12-14(10-5-11-17(12)19)18(20)16-9-3-2-8-15(16)13-6-4-7-13/h2-3,5,8-11,13,18,20H,4,6-7H2,1H3. The van der Waals surface area contributed by atoms with E-state index in [-0.39, 0.29) is 0 Å². The second-order valence-corrected chi connectivity index (χ2v) is 6.02. The molecule has 1 fully saturated rings. The van der Waals surface area contributed by atoms with Crippen molar-refractivity contribution in [1.82, 2.24) is 0 Å². The van der Waals surface area contributed by atoms with Crippen LogP contribution < -0.4 is 0 Å². The van der Waals surface area contributed by atoms with Crippen LogP contribution in [0, 0.1) is 6.92 Å². The van der Waals surface area contributed by atoms with Gasteiger partial charge in [0, 0.05) is 5.02 Å². The van der Waals surface area contributed by atoms with Gasteiger partial charge in [0.2, 0.25) is 0 Å². The van der Waals surface area contributed by atoms with Gasteiger partial charge < -0.3 is 5.11 Å². The third kappa shape index (κ3) is 2.36. The average Bonchev–Trinajstić information content (AvgIpc) is 2.40. The summed E-state index contributed by atoms with van der Waals surface area (Å²) in [6.45, 7) is 1.97. The highest BCUT2D eigenvalue weighted by molar-refractivity contribution is 6.31. The van der Waals surface area contributed by atoms with Crippen LogP contribution in [0.2, 0.25) is 5.02 Å². The third-order valence-electron chi connectivity index (χ3n) is 4.44. The van der Waals surface area contributed by atoms with Gasteiger partial charge in [-0.15, -0.1) is 0 Å². The molecule has 1 N–H and O–H groups in total. The first-order chi connectivity index (χ1) is 9.68. The minimum atomic E-state index is -0.592. The van der Waals surface area contributed by atoms with E-state index in [2.05, 4.69) is 12.1 Å². The number of aliphatic hydroxyl groups is 1. The van der Waals surface area contributed by atoms with Crippen molar-refractivity contribution >= 4 is 11.6 Å². The van der Waals surface area contributed by atoms with Crippen LogP contribution in [0.1, 0.15) is 53.5 Å². The predicted molar refractivity (Wildman–Crippen MR) is 83.3 cm³/mol. The highest BCUT2D eigenvalue weighted by atomic mass is 35.5. The molecule has 2 heteroatoms. The Hall–Kier alpha value is -1.31. The van der Waals surface area contributed by atoms with Crippen molar-refractivity contribution in [3.63, 3.8) is 0 Å². The molecule has 0 bridgehead atoms. The highest BCUT2D eigenvalue weighted by Crippen LogP contribution is 2.41. The zero-order valence-corrected chi connectivity index (χ0v) is 12.4. The quantitative estimate of drug-likeness (QED) is 0.842. The molecular weight excluding hydrogens is 268 g/mol. The molecule has 0 aromatic heterocycles. The Morgan fingerprint density at radius 3 is 2.45 bits per heavy atom. The molecule has 0 radical (unpaired) electrons. The maximum absolute atomic E-state index is 10.8. The predicted octanol–water partition coefficient (Wildman–Crippen LogP) is 5.00. The normalized spacial score (nSPS) is 16.8. The largest absolute Gasteiger partial charge is 0.384 e. The Balaban J connectivity index is 2.02. The van der Waals surface area contributed by atoms with E-state index in [0.717, 1.165) is 16.7 Å². The van der Waals surface area contributed by atoms with Crippen molar-refractivity contribution in [1.29, 1.82) is 0 Å². The van der Waals surface area contributed by atoms with Crippen LogP contribution in [0.3, 0.4) is 0 Å². The number of rotatable bonds is 3. The van der Waals surface area contributed by atoms with E-state index in [4.69, 9.17) is 11.6 Å². The lowest BCUT2D eigenvalue weighted by Crippen LogP contribution is -2.14. The summed E-state index contributed by atoms with van der Waals surface area (Å²) >= 11 is 6.18. The van der Waals surface area contributed by atoms with Crippen molar-refractivity contribution in [3.05, 3.63) is 69.7 Å². The van der Waals surface area contributed by atoms with Gasteiger partial charge in [-0.05, 0) is 54.0 Å². The minimum Gasteiger partial charge on any atom is -0.384 e. The Bertz CT molecular complexity index is 617. The van der Waals surface area contributed by atoms with Crippen LogP contribution >= 0.6 is 11.6 Å². The molecular formula is C18H19ClO. The third-order valence-corrected chi connectivity index (χ3v) is 4.85. The molecule has 2 aromatic rings. The first-order valence-electron chi connectivity index (χ1n) is 7.20. The molecule has 1 nitrogen and oxygen atoms in total. The summed E-state index contributed by atoms with van der Waals surface area (Å²) in [5.74, 6) is 0.611. The van der Waals surface area contributed by atoms with Gasteiger partial charge in [0.1, 0.15) is 6.10 Å². The molecule has 1 aliphatic carbocycles. The highest BCUT2D eigenvalue weighted by Gasteiger charge is 2.25. The van der Waals surface area contributed by atoms with E-state index in [1.807, 2.05) is 37.3 Å². The van der Waals surface area contributed by atoms with Crippen LogP contribution in [0.25, 0.3) is 0 Å². The maximum Gasteiger partial charge on any atom is 0.105 e. The SMILES string of the molecule is Cc1c(Cl)cccc1C(O)c1ccccc1C1CCC1. The lowest BCUT2D eigenvalue weighted by atomic mass is 9.77. The number of hydrogen-bond donors (Lipinski definition) is 1. The Labute approximate surface area is 125 Å². The fourth-order valence-electron chi connectivity index (χ4n) is 2.94. The molecule has 0 amide bonds. The van der Waals surface area contributed by atoms with Crippen LogP contribution in [0.5, 0.6) is 0 Å². The summed E-state index contributed by atoms with van der Waals surface area (Å²) in [6.07, 6.45) is 3.17. The van der Waals surface area contributed by atoms with Crippen molar-refractivity contribution in [2.45, 2.75) is 38.2 Å². The van der Waals surface area contributed by atoms with Crippen LogP contribution in [-0.2, 0) is 0 Å². The summed E-state index contributed by atoms with van der Waals surface area (Å²) < 4.78 is 0. The van der Waals surface area contributed by atoms with Gasteiger partial charge in [-0.25, -0.2) is 0 Å². The van der Waals surface area contributed by atoms with E-state index in [1.54, 1.807) is 0 Å². The van der Waals surface area contributed by atoms with Gasteiger partial charge in [0.15, 0.2) is 0 Å². The molecule has 0 spiro atoms. The summed E-state index contributed by atoms with van der Waals surface area (Å²) in [6, 6.07) is 14.0. The van der Waals surface area contributed by atoms with Gasteiger partial charge in [-0.2, -0.15) is 0 Å². The molecule has 1 atom stereocenters. The Kier molecular flexibility index (Phi) is 3.82. The maximum atomic E-state index is 10.8. The molecule has 104 valence electrons. The molecule has 0 heterocycles. The van der Waals surface area contributed by atoms with Crippen LogP contribution in [0.15, 0.2) is 42.5 Å². The summed E-state index contributed by atoms with van der Waals surface area (Å²) in [5, 5.41) is 11.5. The first-order valence-corrected chi connectivity index (χ1v) is 7.58. The lowest BCUT2D eigenvalue weighted by Gasteiger charge is -2.29. The topological polar surface area (TPSA) is 20.2 Å². The molecule has 2 aromatic carbocycles. The first kappa shape index (κ1) is 13.7. The Morgan fingerprint density at radius 1 is 1.05 bits per heavy atom. The molecule has 0 aliphatic heterocycles. The van der Waals surface area contributed by atoms with Crippen molar-refractivity contribution in [2.24, 2.45) is 0 Å². The van der Waals surface area contributed by atoms with Gasteiger partial charge in [0.25, 0.3) is 0 Å². The fraction of sp³-hybridized carbons (Fsp3) is 0.333. The van der Waals surface area contributed by atoms with E-state index in [9.17, 15) is 5.11 Å². The number of hydrogen-bond acceptors (Lipinski definition) is 1. The second-order valence-electron chi connectivity index (χ2n) is 5.61. The fourth-order valence-corrected chi connectivity index (χ4v) is 3.12. The summed E-state index contributed by atoms with van der Waals surface area (Å²) in [5.41, 5.74) is 4.20. The molecule has 3 rings (SSSR count). The lowest BCUT2D eigenvalue weighted by molar-refractivity contribution is 0.216. The molecule has 0 saturated heterocycles. The van der Waals surface area contributed by atoms with Gasteiger partial charge >= 0.3 is 0 Å². The molecule has 20 heavy (non-hydrogen) atoms. The second kappa shape index (κ2) is 5.59. The van der Waals surface area contributed by atoms with Crippen molar-refractivity contribution in [2.75, 3.05) is 0 Å². The summed E-state index contributed by atoms with van der Waals surface area (Å²) in [4.78, 5) is 0. The van der Waals surface area contributed by atoms with E-state index in [1.165, 1.54) is 24.8 Å². The smallest absolute Gasteiger partial charge is 0.105 e. The van der Waals surface area contributed by atoms with Gasteiger partial charge in [0.05, 0.1) is 0 Å². The van der Waals surface area contributed by atoms with E-state index < -0.39 is 6.10 Å². The monoisotopic (exact) mass is 286 g/mol. The van der Waals surface area contributed by atoms with Crippen molar-refractivity contribution < 1.29 is 5.11 Å².